The number of para-hydroxylation sites is 1. The summed E-state index contributed by atoms with van der Waals surface area (Å²) in [7, 11) is 1.20. The molecule has 1 fully saturated rings. The van der Waals surface area contributed by atoms with Crippen LogP contribution >= 0.6 is 0 Å². The van der Waals surface area contributed by atoms with Crippen molar-refractivity contribution in [3.05, 3.63) is 41.5 Å². The van der Waals surface area contributed by atoms with E-state index in [4.69, 9.17) is 15.2 Å². The van der Waals surface area contributed by atoms with E-state index in [1.54, 1.807) is 12.1 Å². The number of esters is 1. The summed E-state index contributed by atoms with van der Waals surface area (Å²) in [6.07, 6.45) is 5.26. The van der Waals surface area contributed by atoms with Gasteiger partial charge < -0.3 is 19.8 Å². The van der Waals surface area contributed by atoms with E-state index in [0.717, 1.165) is 25.7 Å². The normalized spacial score (nSPS) is 14.3. The van der Waals surface area contributed by atoms with Crippen molar-refractivity contribution < 1.29 is 18.7 Å². The molecular weight excluding hydrogens is 325 g/mol. The van der Waals surface area contributed by atoms with Crippen LogP contribution in [0.25, 0.3) is 5.69 Å². The van der Waals surface area contributed by atoms with Crippen LogP contribution in [0.15, 0.2) is 24.4 Å². The maximum atomic E-state index is 14.6. The van der Waals surface area contributed by atoms with Gasteiger partial charge in [-0.1, -0.05) is 6.07 Å². The highest BCUT2D eigenvalue weighted by molar-refractivity contribution is 5.96. The lowest BCUT2D eigenvalue weighted by Crippen LogP contribution is -2.16. The number of carbonyl (C=O) groups excluding carboxylic acids is 1. The first-order valence-corrected chi connectivity index (χ1v) is 8.01. The number of halogens is 1. The second kappa shape index (κ2) is 6.85. The van der Waals surface area contributed by atoms with Crippen molar-refractivity contribution in [2.45, 2.75) is 31.8 Å². The highest BCUT2D eigenvalue weighted by Gasteiger charge is 2.26. The number of nitrogen functional groups attached to an aromatic ring is 1. The lowest BCUT2D eigenvalue weighted by molar-refractivity contribution is 0.0593. The van der Waals surface area contributed by atoms with Gasteiger partial charge in [-0.05, 0) is 37.8 Å². The van der Waals surface area contributed by atoms with Crippen molar-refractivity contribution in [1.29, 1.82) is 5.26 Å². The van der Waals surface area contributed by atoms with E-state index >= 15 is 0 Å². The Kier molecular flexibility index (Phi) is 4.61. The second-order valence-corrected chi connectivity index (χ2v) is 5.89. The van der Waals surface area contributed by atoms with Gasteiger partial charge in [0.05, 0.1) is 24.5 Å². The number of ether oxygens (including phenoxy) is 2. The fourth-order valence-corrected chi connectivity index (χ4v) is 3.10. The zero-order valence-electron chi connectivity index (χ0n) is 13.8. The average Bonchev–Trinajstić information content (AvgIpc) is 3.22. The van der Waals surface area contributed by atoms with Gasteiger partial charge in [0.25, 0.3) is 0 Å². The number of benzene rings is 1. The fraction of sp³-hybridized carbons (Fsp3) is 0.333. The molecule has 1 saturated carbocycles. The van der Waals surface area contributed by atoms with Crippen molar-refractivity contribution in [3.8, 4) is 17.5 Å². The van der Waals surface area contributed by atoms with Crippen molar-refractivity contribution in [2.24, 2.45) is 0 Å². The van der Waals surface area contributed by atoms with Crippen LogP contribution in [0.1, 0.15) is 41.7 Å². The van der Waals surface area contributed by atoms with E-state index in [1.807, 2.05) is 6.07 Å². The minimum atomic E-state index is -0.755. The molecule has 1 aromatic carbocycles. The molecule has 0 aliphatic heterocycles. The molecule has 1 aliphatic carbocycles. The molecule has 1 aromatic heterocycles. The van der Waals surface area contributed by atoms with Gasteiger partial charge in [-0.3, -0.25) is 0 Å². The van der Waals surface area contributed by atoms with E-state index in [-0.39, 0.29) is 28.7 Å². The molecule has 1 heterocycles. The molecule has 0 amide bonds. The summed E-state index contributed by atoms with van der Waals surface area (Å²) in [4.78, 5) is 12.1. The zero-order chi connectivity index (χ0) is 18.0. The molecule has 0 radical (unpaired) electrons. The lowest BCUT2D eigenvalue weighted by atomic mass is 10.2. The van der Waals surface area contributed by atoms with Gasteiger partial charge >= 0.3 is 5.97 Å². The van der Waals surface area contributed by atoms with Gasteiger partial charge in [0.1, 0.15) is 17.5 Å². The molecule has 1 aliphatic rings. The highest BCUT2D eigenvalue weighted by atomic mass is 19.1. The van der Waals surface area contributed by atoms with Gasteiger partial charge in [0.15, 0.2) is 11.5 Å². The average molecular weight is 343 g/mol. The summed E-state index contributed by atoms with van der Waals surface area (Å²) in [6.45, 7) is 0. The topological polar surface area (TPSA) is 90.3 Å². The van der Waals surface area contributed by atoms with E-state index in [1.165, 1.54) is 23.9 Å². The van der Waals surface area contributed by atoms with Crippen molar-refractivity contribution in [3.63, 3.8) is 0 Å². The van der Waals surface area contributed by atoms with E-state index in [0.29, 0.717) is 5.75 Å². The molecule has 130 valence electrons. The van der Waals surface area contributed by atoms with Crippen LogP contribution in [-0.2, 0) is 4.74 Å². The Morgan fingerprint density at radius 1 is 1.40 bits per heavy atom. The van der Waals surface area contributed by atoms with E-state index in [2.05, 4.69) is 0 Å². The Morgan fingerprint density at radius 3 is 2.76 bits per heavy atom. The zero-order valence-corrected chi connectivity index (χ0v) is 13.8. The molecule has 6 nitrogen and oxygen atoms in total. The third kappa shape index (κ3) is 3.03. The largest absolute Gasteiger partial charge is 0.488 e. The first-order chi connectivity index (χ1) is 12.1. The number of hydrogen-bond acceptors (Lipinski definition) is 5. The minimum Gasteiger partial charge on any atom is -0.488 e. The van der Waals surface area contributed by atoms with Crippen molar-refractivity contribution in [2.75, 3.05) is 12.8 Å². The van der Waals surface area contributed by atoms with Gasteiger partial charge in [-0.15, -0.1) is 0 Å². The summed E-state index contributed by atoms with van der Waals surface area (Å²) < 4.78 is 26.6. The Hall–Kier alpha value is -3.01. The molecule has 2 aromatic rings. The van der Waals surface area contributed by atoms with Crippen molar-refractivity contribution >= 4 is 11.7 Å². The van der Waals surface area contributed by atoms with E-state index in [9.17, 15) is 14.4 Å². The number of rotatable bonds is 4. The quantitative estimate of drug-likeness (QED) is 0.861. The van der Waals surface area contributed by atoms with Crippen LogP contribution in [0.3, 0.4) is 0 Å². The van der Waals surface area contributed by atoms with Gasteiger partial charge in [-0.2, -0.15) is 5.26 Å². The number of nitriles is 1. The summed E-state index contributed by atoms with van der Waals surface area (Å²) >= 11 is 0. The van der Waals surface area contributed by atoms with Crippen LogP contribution < -0.4 is 10.5 Å². The number of anilines is 1. The highest BCUT2D eigenvalue weighted by Crippen LogP contribution is 2.34. The predicted molar refractivity (Wildman–Crippen MR) is 89.1 cm³/mol. The van der Waals surface area contributed by atoms with Gasteiger partial charge in [0, 0.05) is 6.20 Å². The number of aromatic nitrogens is 1. The molecule has 3 rings (SSSR count). The van der Waals surface area contributed by atoms with Crippen LogP contribution in [0.4, 0.5) is 10.1 Å². The Morgan fingerprint density at radius 2 is 2.12 bits per heavy atom. The monoisotopic (exact) mass is 343 g/mol. The molecule has 0 bridgehead atoms. The number of nitrogens with zero attached hydrogens (tertiary/aromatic N) is 2. The standard InChI is InChI=1S/C18H18FN3O3/c1-24-18(23)17-15(21)11(9-20)10-22(17)16-13(19)7-4-8-14(16)25-12-5-2-3-6-12/h4,7-8,10,12H,2-3,5-6,21H2,1H3. The summed E-state index contributed by atoms with van der Waals surface area (Å²) in [5.41, 5.74) is 5.85. The number of methoxy groups -OCH3 is 1. The third-order valence-electron chi connectivity index (χ3n) is 4.33. The summed E-state index contributed by atoms with van der Waals surface area (Å²) in [6, 6.07) is 6.34. The van der Waals surface area contributed by atoms with Gasteiger partial charge in [0.2, 0.25) is 0 Å². The van der Waals surface area contributed by atoms with Gasteiger partial charge in [-0.25, -0.2) is 9.18 Å². The minimum absolute atomic E-state index is 0.00507. The van der Waals surface area contributed by atoms with Crippen LogP contribution in [0.5, 0.6) is 5.75 Å². The molecule has 0 atom stereocenters. The predicted octanol–water partition coefficient (Wildman–Crippen LogP) is 3.18. The number of nitrogens with two attached hydrogens (primary N) is 1. The van der Waals surface area contributed by atoms with Crippen molar-refractivity contribution in [1.82, 2.24) is 4.57 Å². The third-order valence-corrected chi connectivity index (χ3v) is 4.33. The maximum absolute atomic E-state index is 14.6. The molecule has 25 heavy (non-hydrogen) atoms. The summed E-state index contributed by atoms with van der Waals surface area (Å²) in [5, 5.41) is 9.21. The maximum Gasteiger partial charge on any atom is 0.357 e. The molecule has 7 heteroatoms. The Labute approximate surface area is 144 Å². The Balaban J connectivity index is 2.16. The molecule has 0 unspecified atom stereocenters. The lowest BCUT2D eigenvalue weighted by Gasteiger charge is -2.18. The fourth-order valence-electron chi connectivity index (χ4n) is 3.10. The SMILES string of the molecule is COC(=O)c1c(N)c(C#N)cn1-c1c(F)cccc1OC1CCCC1. The Bertz CT molecular complexity index is 848. The number of hydrogen-bond donors (Lipinski definition) is 1. The molecule has 0 saturated heterocycles. The second-order valence-electron chi connectivity index (χ2n) is 5.89. The molecule has 0 spiro atoms. The van der Waals surface area contributed by atoms with Crippen LogP contribution in [-0.4, -0.2) is 23.8 Å². The molecular formula is C18H18FN3O3. The summed E-state index contributed by atoms with van der Waals surface area (Å²) in [5.74, 6) is -1.04. The number of carbonyl (C=O) groups is 1. The first-order valence-electron chi connectivity index (χ1n) is 8.01. The van der Waals surface area contributed by atoms with Crippen LogP contribution in [0, 0.1) is 17.1 Å². The smallest absolute Gasteiger partial charge is 0.357 e. The molecule has 2 N–H and O–H groups in total. The van der Waals surface area contributed by atoms with E-state index < -0.39 is 11.8 Å². The van der Waals surface area contributed by atoms with Crippen LogP contribution in [0.2, 0.25) is 0 Å². The first kappa shape index (κ1) is 16.8.